The van der Waals surface area contributed by atoms with E-state index in [0.29, 0.717) is 23.1 Å². The van der Waals surface area contributed by atoms with Gasteiger partial charge in [0.1, 0.15) is 11.5 Å². The molecule has 0 bridgehead atoms. The van der Waals surface area contributed by atoms with Crippen LogP contribution in [0.4, 0.5) is 11.4 Å². The molecule has 7 heteroatoms. The third-order valence-corrected chi connectivity index (χ3v) is 4.03. The van der Waals surface area contributed by atoms with E-state index in [4.69, 9.17) is 21.7 Å². The Balaban J connectivity index is 1.57. The lowest BCUT2D eigenvalue weighted by molar-refractivity contribution is -0.122. The zero-order valence-corrected chi connectivity index (χ0v) is 14.8. The average molecular weight is 357 g/mol. The second-order valence-corrected chi connectivity index (χ2v) is 6.02. The van der Waals surface area contributed by atoms with Gasteiger partial charge in [0.2, 0.25) is 0 Å². The summed E-state index contributed by atoms with van der Waals surface area (Å²) >= 11 is 5.31. The van der Waals surface area contributed by atoms with E-state index in [1.165, 1.54) is 0 Å². The highest BCUT2D eigenvalue weighted by Crippen LogP contribution is 2.32. The van der Waals surface area contributed by atoms with Crippen LogP contribution in [0.5, 0.6) is 11.5 Å². The van der Waals surface area contributed by atoms with Crippen LogP contribution < -0.4 is 25.4 Å². The van der Waals surface area contributed by atoms with Crippen LogP contribution in [0, 0.1) is 0 Å². The molecule has 0 spiro atoms. The maximum absolute atomic E-state index is 11.7. The van der Waals surface area contributed by atoms with E-state index >= 15 is 0 Å². The van der Waals surface area contributed by atoms with Gasteiger partial charge < -0.3 is 25.4 Å². The molecule has 3 N–H and O–H groups in total. The molecule has 0 saturated carbocycles. The van der Waals surface area contributed by atoms with Crippen molar-refractivity contribution in [2.75, 3.05) is 17.7 Å². The zero-order chi connectivity index (χ0) is 17.8. The summed E-state index contributed by atoms with van der Waals surface area (Å²) in [4.78, 5) is 11.7. The van der Waals surface area contributed by atoms with Crippen molar-refractivity contribution in [2.45, 2.75) is 19.6 Å². The highest BCUT2D eigenvalue weighted by atomic mass is 32.1. The molecule has 2 aromatic carbocycles. The molecule has 0 aliphatic carbocycles. The topological polar surface area (TPSA) is 71.6 Å². The Morgan fingerprint density at radius 2 is 2.04 bits per heavy atom. The predicted molar refractivity (Wildman–Crippen MR) is 101 cm³/mol. The highest BCUT2D eigenvalue weighted by Gasteiger charge is 2.23. The fourth-order valence-electron chi connectivity index (χ4n) is 2.39. The molecule has 130 valence electrons. The van der Waals surface area contributed by atoms with Crippen molar-refractivity contribution in [1.29, 1.82) is 0 Å². The average Bonchev–Trinajstić information content (AvgIpc) is 2.61. The molecule has 3 rings (SSSR count). The van der Waals surface area contributed by atoms with Gasteiger partial charge in [-0.1, -0.05) is 12.1 Å². The minimum Gasteiger partial charge on any atom is -0.497 e. The van der Waals surface area contributed by atoms with Crippen LogP contribution in [0.3, 0.4) is 0 Å². The highest BCUT2D eigenvalue weighted by molar-refractivity contribution is 7.80. The first kappa shape index (κ1) is 17.0. The zero-order valence-electron chi connectivity index (χ0n) is 14.0. The molecule has 0 saturated heterocycles. The molecule has 2 aromatic rings. The van der Waals surface area contributed by atoms with Gasteiger partial charge in [-0.15, -0.1) is 0 Å². The molecule has 0 unspecified atom stereocenters. The molecule has 1 heterocycles. The normalized spacial score (nSPS) is 15.4. The number of amides is 1. The fourth-order valence-corrected chi connectivity index (χ4v) is 2.58. The summed E-state index contributed by atoms with van der Waals surface area (Å²) in [6.07, 6.45) is -0.487. The number of hydrogen-bond acceptors (Lipinski definition) is 4. The summed E-state index contributed by atoms with van der Waals surface area (Å²) < 4.78 is 10.7. The number of rotatable bonds is 4. The largest absolute Gasteiger partial charge is 0.497 e. The number of nitrogens with one attached hydrogen (secondary N) is 3. The molecule has 1 amide bonds. The number of hydrogen-bond donors (Lipinski definition) is 3. The predicted octanol–water partition coefficient (Wildman–Crippen LogP) is 2.90. The van der Waals surface area contributed by atoms with Crippen molar-refractivity contribution >= 4 is 34.6 Å². The molecule has 1 atom stereocenters. The summed E-state index contributed by atoms with van der Waals surface area (Å²) in [5.41, 5.74) is 2.49. The van der Waals surface area contributed by atoms with Gasteiger partial charge in [-0.25, -0.2) is 0 Å². The Labute approximate surface area is 151 Å². The lowest BCUT2D eigenvalue weighted by Gasteiger charge is -2.23. The standard InChI is InChI=1S/C18H19N3O3S/c1-11-17(22)21-15-9-13(5-8-16(15)24-11)20-18(25)19-10-12-3-6-14(23-2)7-4-12/h3-9,11H,10H2,1-2H3,(H,21,22)(H2,19,20,25)/t11-/m1/s1. The Morgan fingerprint density at radius 3 is 2.76 bits per heavy atom. The van der Waals surface area contributed by atoms with Gasteiger partial charge in [-0.2, -0.15) is 0 Å². The summed E-state index contributed by atoms with van der Waals surface area (Å²) in [6, 6.07) is 13.2. The minimum absolute atomic E-state index is 0.162. The first-order valence-corrected chi connectivity index (χ1v) is 8.25. The van der Waals surface area contributed by atoms with Crippen molar-refractivity contribution < 1.29 is 14.3 Å². The summed E-state index contributed by atoms with van der Waals surface area (Å²) in [7, 11) is 1.64. The molecule has 25 heavy (non-hydrogen) atoms. The van der Waals surface area contributed by atoms with Crippen LogP contribution >= 0.6 is 12.2 Å². The van der Waals surface area contributed by atoms with Crippen LogP contribution in [-0.4, -0.2) is 24.2 Å². The number of carbonyl (C=O) groups is 1. The van der Waals surface area contributed by atoms with Crippen LogP contribution in [-0.2, 0) is 11.3 Å². The number of thiocarbonyl (C=S) groups is 1. The van der Waals surface area contributed by atoms with E-state index < -0.39 is 6.10 Å². The molecule has 1 aliphatic heterocycles. The number of benzene rings is 2. The van der Waals surface area contributed by atoms with Gasteiger partial charge in [0.05, 0.1) is 12.8 Å². The van der Waals surface area contributed by atoms with Gasteiger partial charge in [-0.3, -0.25) is 4.79 Å². The van der Waals surface area contributed by atoms with Crippen LogP contribution in [0.1, 0.15) is 12.5 Å². The SMILES string of the molecule is COc1ccc(CNC(=S)Nc2ccc3c(c2)NC(=O)[C@@H](C)O3)cc1. The minimum atomic E-state index is -0.487. The number of fused-ring (bicyclic) bond motifs is 1. The van der Waals surface area contributed by atoms with Crippen molar-refractivity contribution in [3.63, 3.8) is 0 Å². The van der Waals surface area contributed by atoms with Crippen molar-refractivity contribution in [3.05, 3.63) is 48.0 Å². The van der Waals surface area contributed by atoms with Gasteiger partial charge >= 0.3 is 0 Å². The van der Waals surface area contributed by atoms with Gasteiger partial charge in [-0.05, 0) is 55.0 Å². The quantitative estimate of drug-likeness (QED) is 0.731. The molecule has 0 aromatic heterocycles. The molecule has 1 aliphatic rings. The molecular weight excluding hydrogens is 338 g/mol. The molecule has 0 radical (unpaired) electrons. The van der Waals surface area contributed by atoms with Gasteiger partial charge in [0, 0.05) is 12.2 Å². The van der Waals surface area contributed by atoms with E-state index in [0.717, 1.165) is 17.0 Å². The first-order chi connectivity index (χ1) is 12.0. The van der Waals surface area contributed by atoms with E-state index in [2.05, 4.69) is 16.0 Å². The lowest BCUT2D eigenvalue weighted by atomic mass is 10.2. The Hall–Kier alpha value is -2.80. The third kappa shape index (κ3) is 4.19. The molecule has 0 fully saturated rings. The van der Waals surface area contributed by atoms with Gasteiger partial charge in [0.25, 0.3) is 5.91 Å². The number of anilines is 2. The summed E-state index contributed by atoms with van der Waals surface area (Å²) in [5, 5.41) is 9.55. The van der Waals surface area contributed by atoms with E-state index in [9.17, 15) is 4.79 Å². The summed E-state index contributed by atoms with van der Waals surface area (Å²) in [5.74, 6) is 1.30. The van der Waals surface area contributed by atoms with Crippen LogP contribution in [0.25, 0.3) is 0 Å². The number of methoxy groups -OCH3 is 1. The second kappa shape index (κ2) is 7.40. The smallest absolute Gasteiger partial charge is 0.265 e. The van der Waals surface area contributed by atoms with Crippen LogP contribution in [0.2, 0.25) is 0 Å². The number of carbonyl (C=O) groups excluding carboxylic acids is 1. The van der Waals surface area contributed by atoms with Crippen molar-refractivity contribution in [2.24, 2.45) is 0 Å². The first-order valence-electron chi connectivity index (χ1n) is 7.84. The fraction of sp³-hybridized carbons (Fsp3) is 0.222. The third-order valence-electron chi connectivity index (χ3n) is 3.78. The Morgan fingerprint density at radius 1 is 1.28 bits per heavy atom. The van der Waals surface area contributed by atoms with E-state index in [-0.39, 0.29) is 5.91 Å². The summed E-state index contributed by atoms with van der Waals surface area (Å²) in [6.45, 7) is 2.31. The Bertz CT molecular complexity index is 793. The Kier molecular flexibility index (Phi) is 5.04. The van der Waals surface area contributed by atoms with E-state index in [1.54, 1.807) is 26.2 Å². The van der Waals surface area contributed by atoms with Gasteiger partial charge in [0.15, 0.2) is 11.2 Å². The second-order valence-electron chi connectivity index (χ2n) is 5.62. The monoisotopic (exact) mass is 357 g/mol. The van der Waals surface area contributed by atoms with Crippen molar-refractivity contribution in [1.82, 2.24) is 5.32 Å². The van der Waals surface area contributed by atoms with Crippen LogP contribution in [0.15, 0.2) is 42.5 Å². The van der Waals surface area contributed by atoms with Crippen molar-refractivity contribution in [3.8, 4) is 11.5 Å². The number of ether oxygens (including phenoxy) is 2. The lowest BCUT2D eigenvalue weighted by Crippen LogP contribution is -2.34. The molecule has 6 nitrogen and oxygen atoms in total. The maximum Gasteiger partial charge on any atom is 0.265 e. The van der Waals surface area contributed by atoms with E-state index in [1.807, 2.05) is 30.3 Å². The maximum atomic E-state index is 11.7. The molecular formula is C18H19N3O3S.